The van der Waals surface area contributed by atoms with Crippen LogP contribution in [-0.2, 0) is 6.42 Å². The van der Waals surface area contributed by atoms with Gasteiger partial charge in [-0.1, -0.05) is 64.3 Å². The molecule has 1 N–H and O–H groups in total. The van der Waals surface area contributed by atoms with E-state index in [1.807, 2.05) is 0 Å². The van der Waals surface area contributed by atoms with Gasteiger partial charge in [0.1, 0.15) is 0 Å². The second-order valence-corrected chi connectivity index (χ2v) is 7.29. The van der Waals surface area contributed by atoms with Gasteiger partial charge < -0.3 is 5.32 Å². The summed E-state index contributed by atoms with van der Waals surface area (Å²) < 4.78 is 0. The second-order valence-electron chi connectivity index (χ2n) is 7.29. The topological polar surface area (TPSA) is 12.0 Å². The van der Waals surface area contributed by atoms with Crippen molar-refractivity contribution in [2.45, 2.75) is 78.3 Å². The van der Waals surface area contributed by atoms with Crippen molar-refractivity contribution >= 4 is 0 Å². The molecule has 0 saturated heterocycles. The lowest BCUT2D eigenvalue weighted by atomic mass is 9.82. The highest BCUT2D eigenvalue weighted by Gasteiger charge is 2.24. The van der Waals surface area contributed by atoms with Crippen LogP contribution in [0.25, 0.3) is 0 Å². The molecule has 1 aromatic rings. The molecule has 1 nitrogen and oxygen atoms in total. The van der Waals surface area contributed by atoms with Crippen molar-refractivity contribution in [2.24, 2.45) is 11.8 Å². The third kappa shape index (κ3) is 4.85. The van der Waals surface area contributed by atoms with E-state index in [1.54, 1.807) is 0 Å². The molecule has 0 aliphatic heterocycles. The molecule has 1 fully saturated rings. The standard InChI is InChI=1S/C20H33N/c1-5-18-8-6-7-9-20(18)21-16(4)19-12-10-17(11-13-19)14-15(2)3/h10-13,15-16,18,20-21H,5-9,14H2,1-4H3. The summed E-state index contributed by atoms with van der Waals surface area (Å²) >= 11 is 0. The molecule has 1 saturated carbocycles. The summed E-state index contributed by atoms with van der Waals surface area (Å²) in [7, 11) is 0. The normalized spacial score (nSPS) is 24.2. The van der Waals surface area contributed by atoms with Gasteiger partial charge in [0, 0.05) is 12.1 Å². The summed E-state index contributed by atoms with van der Waals surface area (Å²) in [5, 5.41) is 3.90. The first kappa shape index (κ1) is 16.5. The van der Waals surface area contributed by atoms with Crippen LogP contribution < -0.4 is 5.32 Å². The highest BCUT2D eigenvalue weighted by molar-refractivity contribution is 5.25. The molecule has 1 aromatic carbocycles. The number of nitrogens with one attached hydrogen (secondary N) is 1. The first-order chi connectivity index (χ1) is 10.1. The Morgan fingerprint density at radius 1 is 1.05 bits per heavy atom. The van der Waals surface area contributed by atoms with Crippen LogP contribution >= 0.6 is 0 Å². The van der Waals surface area contributed by atoms with E-state index in [2.05, 4.69) is 57.3 Å². The zero-order valence-electron chi connectivity index (χ0n) is 14.4. The van der Waals surface area contributed by atoms with E-state index in [1.165, 1.54) is 49.7 Å². The first-order valence-corrected chi connectivity index (χ1v) is 8.95. The van der Waals surface area contributed by atoms with Gasteiger partial charge >= 0.3 is 0 Å². The van der Waals surface area contributed by atoms with E-state index in [0.717, 1.165) is 11.8 Å². The smallest absolute Gasteiger partial charge is 0.0294 e. The Kier molecular flexibility index (Phi) is 6.29. The van der Waals surface area contributed by atoms with Gasteiger partial charge in [-0.25, -0.2) is 0 Å². The lowest BCUT2D eigenvalue weighted by molar-refractivity contribution is 0.240. The molecule has 0 amide bonds. The van der Waals surface area contributed by atoms with Crippen LogP contribution in [0.5, 0.6) is 0 Å². The fourth-order valence-corrected chi connectivity index (χ4v) is 3.75. The molecule has 21 heavy (non-hydrogen) atoms. The van der Waals surface area contributed by atoms with Gasteiger partial charge in [0.2, 0.25) is 0 Å². The largest absolute Gasteiger partial charge is 0.307 e. The fraction of sp³-hybridized carbons (Fsp3) is 0.700. The van der Waals surface area contributed by atoms with Crippen LogP contribution in [0.1, 0.15) is 77.0 Å². The summed E-state index contributed by atoms with van der Waals surface area (Å²) in [6.45, 7) is 9.23. The van der Waals surface area contributed by atoms with Crippen molar-refractivity contribution in [3.63, 3.8) is 0 Å². The van der Waals surface area contributed by atoms with Gasteiger partial charge in [0.05, 0.1) is 0 Å². The molecule has 3 atom stereocenters. The predicted octanol–water partition coefficient (Wildman–Crippen LogP) is 5.50. The van der Waals surface area contributed by atoms with E-state index in [0.29, 0.717) is 12.1 Å². The van der Waals surface area contributed by atoms with Gasteiger partial charge in [0.25, 0.3) is 0 Å². The highest BCUT2D eigenvalue weighted by atomic mass is 15.0. The van der Waals surface area contributed by atoms with E-state index in [4.69, 9.17) is 0 Å². The Labute approximate surface area is 131 Å². The third-order valence-corrected chi connectivity index (χ3v) is 5.02. The minimum absolute atomic E-state index is 0.468. The van der Waals surface area contributed by atoms with Crippen molar-refractivity contribution < 1.29 is 0 Å². The Bertz CT molecular complexity index is 406. The highest BCUT2D eigenvalue weighted by Crippen LogP contribution is 2.29. The Morgan fingerprint density at radius 2 is 1.71 bits per heavy atom. The molecule has 118 valence electrons. The minimum atomic E-state index is 0.468. The third-order valence-electron chi connectivity index (χ3n) is 5.02. The summed E-state index contributed by atoms with van der Waals surface area (Å²) in [6.07, 6.45) is 8.09. The molecule has 1 aliphatic carbocycles. The summed E-state index contributed by atoms with van der Waals surface area (Å²) in [4.78, 5) is 0. The summed E-state index contributed by atoms with van der Waals surface area (Å²) in [6, 6.07) is 10.4. The van der Waals surface area contributed by atoms with Crippen molar-refractivity contribution in [1.82, 2.24) is 5.32 Å². The maximum atomic E-state index is 3.90. The number of rotatable bonds is 6. The van der Waals surface area contributed by atoms with Gasteiger partial charge in [-0.15, -0.1) is 0 Å². The molecule has 0 heterocycles. The van der Waals surface area contributed by atoms with Crippen LogP contribution in [0.3, 0.4) is 0 Å². The Morgan fingerprint density at radius 3 is 2.33 bits per heavy atom. The molecular formula is C20H33N. The monoisotopic (exact) mass is 287 g/mol. The quantitative estimate of drug-likeness (QED) is 0.728. The fourth-order valence-electron chi connectivity index (χ4n) is 3.75. The lowest BCUT2D eigenvalue weighted by Crippen LogP contribution is -2.39. The zero-order chi connectivity index (χ0) is 15.2. The van der Waals surface area contributed by atoms with Crippen LogP contribution in [0.4, 0.5) is 0 Å². The second kappa shape index (κ2) is 7.98. The zero-order valence-corrected chi connectivity index (χ0v) is 14.4. The number of hydrogen-bond donors (Lipinski definition) is 1. The average molecular weight is 287 g/mol. The molecular weight excluding hydrogens is 254 g/mol. The molecule has 2 rings (SSSR count). The van der Waals surface area contributed by atoms with Gasteiger partial charge in [0.15, 0.2) is 0 Å². The van der Waals surface area contributed by atoms with Gasteiger partial charge in [-0.3, -0.25) is 0 Å². The molecule has 1 aliphatic rings. The molecule has 0 aromatic heterocycles. The van der Waals surface area contributed by atoms with Crippen LogP contribution in [-0.4, -0.2) is 6.04 Å². The van der Waals surface area contributed by atoms with Crippen LogP contribution in [0.15, 0.2) is 24.3 Å². The number of hydrogen-bond acceptors (Lipinski definition) is 1. The maximum absolute atomic E-state index is 3.90. The summed E-state index contributed by atoms with van der Waals surface area (Å²) in [5.74, 6) is 1.61. The predicted molar refractivity (Wildman–Crippen MR) is 92.6 cm³/mol. The van der Waals surface area contributed by atoms with Crippen molar-refractivity contribution in [2.75, 3.05) is 0 Å². The minimum Gasteiger partial charge on any atom is -0.307 e. The first-order valence-electron chi connectivity index (χ1n) is 8.95. The average Bonchev–Trinajstić information content (AvgIpc) is 2.48. The van der Waals surface area contributed by atoms with Gasteiger partial charge in [-0.2, -0.15) is 0 Å². The van der Waals surface area contributed by atoms with Crippen LogP contribution in [0.2, 0.25) is 0 Å². The van der Waals surface area contributed by atoms with E-state index >= 15 is 0 Å². The van der Waals surface area contributed by atoms with Crippen molar-refractivity contribution in [3.8, 4) is 0 Å². The molecule has 0 bridgehead atoms. The molecule has 0 radical (unpaired) electrons. The lowest BCUT2D eigenvalue weighted by Gasteiger charge is -2.34. The van der Waals surface area contributed by atoms with Crippen molar-refractivity contribution in [3.05, 3.63) is 35.4 Å². The Hall–Kier alpha value is -0.820. The van der Waals surface area contributed by atoms with Gasteiger partial charge in [-0.05, 0) is 49.1 Å². The van der Waals surface area contributed by atoms with E-state index < -0.39 is 0 Å². The molecule has 0 spiro atoms. The Balaban J connectivity index is 1.94. The molecule has 3 unspecified atom stereocenters. The van der Waals surface area contributed by atoms with Crippen LogP contribution in [0, 0.1) is 11.8 Å². The number of benzene rings is 1. The van der Waals surface area contributed by atoms with E-state index in [9.17, 15) is 0 Å². The SMILES string of the molecule is CCC1CCCCC1NC(C)c1ccc(CC(C)C)cc1. The van der Waals surface area contributed by atoms with E-state index in [-0.39, 0.29) is 0 Å². The summed E-state index contributed by atoms with van der Waals surface area (Å²) in [5.41, 5.74) is 2.90. The van der Waals surface area contributed by atoms with Crippen molar-refractivity contribution in [1.29, 1.82) is 0 Å². The maximum Gasteiger partial charge on any atom is 0.0294 e. The molecule has 1 heteroatoms.